The smallest absolute Gasteiger partial charge is 0.395 e. The molecule has 20 heavy (non-hydrogen) atoms. The molecule has 0 fully saturated rings. The molecule has 0 atom stereocenters. The first-order chi connectivity index (χ1) is 9.28. The van der Waals surface area contributed by atoms with Gasteiger partial charge in [-0.05, 0) is 12.1 Å². The van der Waals surface area contributed by atoms with E-state index in [0.717, 1.165) is 18.2 Å². The summed E-state index contributed by atoms with van der Waals surface area (Å²) >= 11 is 0. The Morgan fingerprint density at radius 1 is 1.45 bits per heavy atom. The molecule has 0 radical (unpaired) electrons. The van der Waals surface area contributed by atoms with Crippen molar-refractivity contribution < 1.29 is 23.2 Å². The van der Waals surface area contributed by atoms with Gasteiger partial charge in [-0.3, -0.25) is 10.1 Å². The highest BCUT2D eigenvalue weighted by Crippen LogP contribution is 2.31. The predicted octanol–water partition coefficient (Wildman–Crippen LogP) is 1.83. The Kier molecular flexibility index (Phi) is 4.88. The Hall–Kier alpha value is -2.34. The average Bonchev–Trinajstić information content (AvgIpc) is 2.35. The molecule has 0 amide bonds. The summed E-state index contributed by atoms with van der Waals surface area (Å²) in [5.74, 6) is 0. The molecule has 1 rings (SSSR count). The molecule has 0 heterocycles. The molecule has 1 aromatic rings. The molecule has 0 unspecified atom stereocenters. The van der Waals surface area contributed by atoms with Gasteiger partial charge in [-0.25, -0.2) is 0 Å². The van der Waals surface area contributed by atoms with Crippen LogP contribution < -0.4 is 4.90 Å². The third-order valence-corrected chi connectivity index (χ3v) is 2.38. The summed E-state index contributed by atoms with van der Waals surface area (Å²) in [7, 11) is 0. The number of anilines is 1. The normalized spacial score (nSPS) is 10.9. The second-order valence-corrected chi connectivity index (χ2v) is 3.83. The van der Waals surface area contributed by atoms with Crippen molar-refractivity contribution in [2.24, 2.45) is 0 Å². The van der Waals surface area contributed by atoms with Gasteiger partial charge in [0, 0.05) is 12.6 Å². The van der Waals surface area contributed by atoms with E-state index in [1.54, 1.807) is 6.07 Å². The summed E-state index contributed by atoms with van der Waals surface area (Å²) in [4.78, 5) is 10.6. The Morgan fingerprint density at radius 2 is 2.10 bits per heavy atom. The molecule has 0 aliphatic carbocycles. The zero-order valence-corrected chi connectivity index (χ0v) is 10.1. The Balaban J connectivity index is 3.29. The first-order valence-electron chi connectivity index (χ1n) is 5.39. The zero-order valence-electron chi connectivity index (χ0n) is 10.1. The van der Waals surface area contributed by atoms with Crippen LogP contribution in [0.15, 0.2) is 18.2 Å². The van der Waals surface area contributed by atoms with Gasteiger partial charge in [-0.15, -0.1) is 0 Å². The Morgan fingerprint density at radius 3 is 2.55 bits per heavy atom. The second-order valence-electron chi connectivity index (χ2n) is 3.83. The molecule has 0 bridgehead atoms. The third kappa shape index (κ3) is 4.10. The van der Waals surface area contributed by atoms with Gasteiger partial charge in [-0.2, -0.15) is 18.4 Å². The van der Waals surface area contributed by atoms with Crippen LogP contribution in [0.25, 0.3) is 0 Å². The number of aliphatic hydroxyl groups excluding tert-OH is 1. The van der Waals surface area contributed by atoms with Crippen LogP contribution in [-0.2, 0) is 0 Å². The lowest BCUT2D eigenvalue weighted by molar-refractivity contribution is -0.384. The Bertz CT molecular complexity index is 540. The molecule has 0 spiro atoms. The summed E-state index contributed by atoms with van der Waals surface area (Å²) < 4.78 is 37.4. The summed E-state index contributed by atoms with van der Waals surface area (Å²) in [5.41, 5.74) is -0.905. The number of aliphatic hydroxyl groups is 1. The minimum Gasteiger partial charge on any atom is -0.395 e. The van der Waals surface area contributed by atoms with Crippen molar-refractivity contribution in [2.75, 3.05) is 24.6 Å². The standard InChI is InChI=1S/C11H10F3N3O3/c12-11(13,14)7-16(3-4-18)10-5-8(6-15)1-2-9(10)17(19)20/h1-2,5,18H,3-4,7H2. The van der Waals surface area contributed by atoms with Crippen molar-refractivity contribution in [1.82, 2.24) is 0 Å². The number of rotatable bonds is 5. The number of nitrogens with zero attached hydrogens (tertiary/aromatic N) is 3. The number of hydrogen-bond acceptors (Lipinski definition) is 5. The maximum atomic E-state index is 12.5. The van der Waals surface area contributed by atoms with Gasteiger partial charge in [0.1, 0.15) is 12.2 Å². The molecule has 1 N–H and O–H groups in total. The maximum absolute atomic E-state index is 12.5. The van der Waals surface area contributed by atoms with Crippen molar-refractivity contribution in [1.29, 1.82) is 5.26 Å². The molecule has 0 aliphatic heterocycles. The summed E-state index contributed by atoms with van der Waals surface area (Å²) in [6.07, 6.45) is -4.59. The number of nitriles is 1. The summed E-state index contributed by atoms with van der Waals surface area (Å²) in [6, 6.07) is 4.81. The van der Waals surface area contributed by atoms with Gasteiger partial charge in [-0.1, -0.05) is 0 Å². The molecule has 6 nitrogen and oxygen atoms in total. The van der Waals surface area contributed by atoms with Crippen molar-refractivity contribution >= 4 is 11.4 Å². The second kappa shape index (κ2) is 6.21. The lowest BCUT2D eigenvalue weighted by Gasteiger charge is -2.24. The Labute approximate surface area is 111 Å². The number of alkyl halides is 3. The zero-order chi connectivity index (χ0) is 15.3. The van der Waals surface area contributed by atoms with Gasteiger partial charge in [0.05, 0.1) is 23.2 Å². The van der Waals surface area contributed by atoms with Crippen LogP contribution in [0.2, 0.25) is 0 Å². The van der Waals surface area contributed by atoms with Crippen LogP contribution in [0.1, 0.15) is 5.56 Å². The minimum atomic E-state index is -4.59. The number of hydrogen-bond donors (Lipinski definition) is 1. The van der Waals surface area contributed by atoms with Crippen LogP contribution >= 0.6 is 0 Å². The fourth-order valence-corrected chi connectivity index (χ4v) is 1.62. The quantitative estimate of drug-likeness (QED) is 0.659. The third-order valence-electron chi connectivity index (χ3n) is 2.38. The van der Waals surface area contributed by atoms with Gasteiger partial charge in [0.15, 0.2) is 0 Å². The monoisotopic (exact) mass is 289 g/mol. The fourth-order valence-electron chi connectivity index (χ4n) is 1.62. The number of halogens is 3. The van der Waals surface area contributed by atoms with E-state index < -0.39 is 36.5 Å². The van der Waals surface area contributed by atoms with E-state index in [0.29, 0.717) is 4.90 Å². The van der Waals surface area contributed by atoms with Crippen molar-refractivity contribution in [3.8, 4) is 6.07 Å². The lowest BCUT2D eigenvalue weighted by atomic mass is 10.1. The topological polar surface area (TPSA) is 90.4 Å². The van der Waals surface area contributed by atoms with Gasteiger partial charge in [0.2, 0.25) is 0 Å². The van der Waals surface area contributed by atoms with Crippen molar-refractivity contribution in [3.63, 3.8) is 0 Å². The highest BCUT2D eigenvalue weighted by atomic mass is 19.4. The predicted molar refractivity (Wildman–Crippen MR) is 63.2 cm³/mol. The number of benzene rings is 1. The summed E-state index contributed by atoms with van der Waals surface area (Å²) in [5, 5.41) is 28.4. The molecular weight excluding hydrogens is 279 g/mol. The summed E-state index contributed by atoms with van der Waals surface area (Å²) in [6.45, 7) is -2.50. The highest BCUT2D eigenvalue weighted by molar-refractivity contribution is 5.66. The largest absolute Gasteiger partial charge is 0.405 e. The highest BCUT2D eigenvalue weighted by Gasteiger charge is 2.33. The first kappa shape index (κ1) is 15.7. The van der Waals surface area contributed by atoms with Crippen molar-refractivity contribution in [2.45, 2.75) is 6.18 Å². The molecule has 1 aromatic carbocycles. The van der Waals surface area contributed by atoms with Crippen LogP contribution in [0.5, 0.6) is 0 Å². The first-order valence-corrected chi connectivity index (χ1v) is 5.39. The van der Waals surface area contributed by atoms with Crippen LogP contribution in [-0.4, -0.2) is 35.9 Å². The molecule has 0 aromatic heterocycles. The van der Waals surface area contributed by atoms with E-state index in [4.69, 9.17) is 10.4 Å². The van der Waals surface area contributed by atoms with E-state index in [2.05, 4.69) is 0 Å². The van der Waals surface area contributed by atoms with Crippen LogP contribution in [0.3, 0.4) is 0 Å². The van der Waals surface area contributed by atoms with Crippen LogP contribution in [0.4, 0.5) is 24.5 Å². The molecule has 9 heteroatoms. The van der Waals surface area contributed by atoms with E-state index in [9.17, 15) is 23.3 Å². The molecule has 0 aliphatic rings. The SMILES string of the molecule is N#Cc1ccc([N+](=O)[O-])c(N(CCO)CC(F)(F)F)c1. The van der Waals surface area contributed by atoms with Gasteiger partial charge < -0.3 is 10.0 Å². The molecule has 0 saturated heterocycles. The minimum absolute atomic E-state index is 0.00397. The molecule has 108 valence electrons. The van der Waals surface area contributed by atoms with E-state index in [1.165, 1.54) is 0 Å². The average molecular weight is 289 g/mol. The van der Waals surface area contributed by atoms with Gasteiger partial charge in [0.25, 0.3) is 5.69 Å². The van der Waals surface area contributed by atoms with Crippen molar-refractivity contribution in [3.05, 3.63) is 33.9 Å². The van der Waals surface area contributed by atoms with Crippen LogP contribution in [0, 0.1) is 21.4 Å². The van der Waals surface area contributed by atoms with E-state index >= 15 is 0 Å². The number of nitro groups is 1. The van der Waals surface area contributed by atoms with E-state index in [1.807, 2.05) is 0 Å². The van der Waals surface area contributed by atoms with E-state index in [-0.39, 0.29) is 11.3 Å². The number of nitro benzene ring substituents is 1. The molecule has 0 saturated carbocycles. The van der Waals surface area contributed by atoms with Gasteiger partial charge >= 0.3 is 6.18 Å². The fraction of sp³-hybridized carbons (Fsp3) is 0.364. The lowest BCUT2D eigenvalue weighted by Crippen LogP contribution is -2.36. The maximum Gasteiger partial charge on any atom is 0.405 e. The molecular formula is C11H10F3N3O3.